The highest BCUT2D eigenvalue weighted by Crippen LogP contribution is 2.48. The lowest BCUT2D eigenvalue weighted by Crippen LogP contribution is -2.49. The highest BCUT2D eigenvalue weighted by Gasteiger charge is 2.55. The van der Waals surface area contributed by atoms with E-state index < -0.39 is 29.1 Å². The molecule has 2 N–H and O–H groups in total. The molecule has 23 heavy (non-hydrogen) atoms. The first-order valence-corrected chi connectivity index (χ1v) is 6.93. The van der Waals surface area contributed by atoms with Crippen LogP contribution in [0.25, 0.3) is 0 Å². The summed E-state index contributed by atoms with van der Waals surface area (Å²) >= 11 is 0. The van der Waals surface area contributed by atoms with Gasteiger partial charge in [-0.2, -0.15) is 0 Å². The molecule has 2 heterocycles. The van der Waals surface area contributed by atoms with Crippen LogP contribution in [-0.4, -0.2) is 11.8 Å². The number of nitrogens with one attached hydrogen (secondary N) is 2. The first-order chi connectivity index (χ1) is 10.9. The maximum atomic E-state index is 13.6. The van der Waals surface area contributed by atoms with Crippen LogP contribution in [0.15, 0.2) is 36.4 Å². The van der Waals surface area contributed by atoms with Crippen molar-refractivity contribution in [1.82, 2.24) is 0 Å². The Morgan fingerprint density at radius 1 is 1.04 bits per heavy atom. The SMILES string of the molecule is CC(=O)N1C(=O)C2(Nc3ccc(F)cc3N2)c2ccc(F)cc21. The van der Waals surface area contributed by atoms with Crippen molar-refractivity contribution in [3.05, 3.63) is 53.6 Å². The van der Waals surface area contributed by atoms with E-state index in [1.807, 2.05) is 0 Å². The van der Waals surface area contributed by atoms with Gasteiger partial charge in [-0.25, -0.2) is 13.7 Å². The molecule has 0 aromatic heterocycles. The zero-order valence-corrected chi connectivity index (χ0v) is 12.0. The summed E-state index contributed by atoms with van der Waals surface area (Å²) in [4.78, 5) is 25.6. The van der Waals surface area contributed by atoms with Crippen molar-refractivity contribution in [1.29, 1.82) is 0 Å². The van der Waals surface area contributed by atoms with Crippen molar-refractivity contribution in [2.24, 2.45) is 0 Å². The van der Waals surface area contributed by atoms with Crippen molar-refractivity contribution >= 4 is 28.9 Å². The fourth-order valence-corrected chi connectivity index (χ4v) is 3.12. The van der Waals surface area contributed by atoms with Crippen LogP contribution < -0.4 is 15.5 Å². The van der Waals surface area contributed by atoms with E-state index in [4.69, 9.17) is 0 Å². The van der Waals surface area contributed by atoms with Crippen LogP contribution in [0.2, 0.25) is 0 Å². The predicted molar refractivity (Wildman–Crippen MR) is 79.9 cm³/mol. The number of hydrogen-bond donors (Lipinski definition) is 2. The van der Waals surface area contributed by atoms with Crippen LogP contribution in [0.5, 0.6) is 0 Å². The molecule has 1 atom stereocenters. The molecule has 0 saturated heterocycles. The van der Waals surface area contributed by atoms with Gasteiger partial charge in [0.25, 0.3) is 5.91 Å². The molecule has 0 bridgehead atoms. The van der Waals surface area contributed by atoms with Crippen molar-refractivity contribution in [2.75, 3.05) is 15.5 Å². The average molecular weight is 315 g/mol. The zero-order valence-electron chi connectivity index (χ0n) is 12.0. The molecule has 0 fully saturated rings. The molecule has 7 heteroatoms. The lowest BCUT2D eigenvalue weighted by molar-refractivity contribution is -0.126. The van der Waals surface area contributed by atoms with E-state index in [0.717, 1.165) is 11.0 Å². The number of nitrogens with zero attached hydrogens (tertiary/aromatic N) is 1. The second-order valence-corrected chi connectivity index (χ2v) is 5.51. The Balaban J connectivity index is 1.92. The molecule has 116 valence electrons. The molecule has 4 rings (SSSR count). The van der Waals surface area contributed by atoms with Crippen molar-refractivity contribution < 1.29 is 18.4 Å². The molecule has 2 aromatic rings. The topological polar surface area (TPSA) is 61.4 Å². The van der Waals surface area contributed by atoms with Gasteiger partial charge in [-0.15, -0.1) is 0 Å². The summed E-state index contributed by atoms with van der Waals surface area (Å²) in [6.07, 6.45) is 0. The van der Waals surface area contributed by atoms with E-state index in [9.17, 15) is 18.4 Å². The van der Waals surface area contributed by atoms with Crippen LogP contribution in [-0.2, 0) is 15.3 Å². The Kier molecular flexibility index (Phi) is 2.55. The molecule has 0 radical (unpaired) electrons. The number of benzene rings is 2. The number of carbonyl (C=O) groups excluding carboxylic acids is 2. The van der Waals surface area contributed by atoms with Crippen LogP contribution >= 0.6 is 0 Å². The monoisotopic (exact) mass is 315 g/mol. The van der Waals surface area contributed by atoms with Crippen molar-refractivity contribution in [2.45, 2.75) is 12.6 Å². The largest absolute Gasteiger partial charge is 0.349 e. The number of imide groups is 1. The molecular weight excluding hydrogens is 304 g/mol. The summed E-state index contributed by atoms with van der Waals surface area (Å²) in [7, 11) is 0. The Bertz CT molecular complexity index is 884. The second-order valence-electron chi connectivity index (χ2n) is 5.51. The van der Waals surface area contributed by atoms with Gasteiger partial charge >= 0.3 is 0 Å². The smallest absolute Gasteiger partial charge is 0.285 e. The Morgan fingerprint density at radius 3 is 2.43 bits per heavy atom. The number of fused-ring (bicyclic) bond motifs is 3. The van der Waals surface area contributed by atoms with Crippen LogP contribution in [0.1, 0.15) is 12.5 Å². The number of halogens is 2. The van der Waals surface area contributed by atoms with E-state index in [0.29, 0.717) is 16.9 Å². The molecule has 2 amide bonds. The molecule has 2 aliphatic rings. The molecule has 0 saturated carbocycles. The fraction of sp³-hybridized carbons (Fsp3) is 0.125. The molecule has 5 nitrogen and oxygen atoms in total. The van der Waals surface area contributed by atoms with Gasteiger partial charge in [0.15, 0.2) is 0 Å². The van der Waals surface area contributed by atoms with E-state index >= 15 is 0 Å². The summed E-state index contributed by atoms with van der Waals surface area (Å²) in [5.41, 5.74) is 0.0797. The number of rotatable bonds is 0. The first kappa shape index (κ1) is 13.7. The number of carbonyl (C=O) groups is 2. The van der Waals surface area contributed by atoms with Crippen LogP contribution in [0.4, 0.5) is 25.8 Å². The maximum absolute atomic E-state index is 13.6. The minimum absolute atomic E-state index is 0.177. The Labute approximate surface area is 129 Å². The quantitative estimate of drug-likeness (QED) is 0.784. The number of amides is 2. The van der Waals surface area contributed by atoms with Gasteiger partial charge in [0.1, 0.15) is 11.6 Å². The third kappa shape index (κ3) is 1.70. The second kappa shape index (κ2) is 4.28. The first-order valence-electron chi connectivity index (χ1n) is 6.93. The summed E-state index contributed by atoms with van der Waals surface area (Å²) in [6, 6.07) is 7.80. The van der Waals surface area contributed by atoms with Gasteiger partial charge in [-0.3, -0.25) is 9.59 Å². The van der Waals surface area contributed by atoms with E-state index in [1.165, 1.54) is 37.3 Å². The molecule has 2 aromatic carbocycles. The lowest BCUT2D eigenvalue weighted by Gasteiger charge is -2.24. The molecule has 0 aliphatic carbocycles. The summed E-state index contributed by atoms with van der Waals surface area (Å²) in [6.45, 7) is 1.23. The Hall–Kier alpha value is -2.96. The van der Waals surface area contributed by atoms with Gasteiger partial charge in [0.2, 0.25) is 11.6 Å². The number of hydrogen-bond acceptors (Lipinski definition) is 4. The summed E-state index contributed by atoms with van der Waals surface area (Å²) < 4.78 is 27.0. The Morgan fingerprint density at radius 2 is 1.70 bits per heavy atom. The average Bonchev–Trinajstić information content (AvgIpc) is 2.96. The third-order valence-electron chi connectivity index (χ3n) is 4.07. The van der Waals surface area contributed by atoms with Gasteiger partial charge in [-0.1, -0.05) is 0 Å². The minimum Gasteiger partial charge on any atom is -0.349 e. The maximum Gasteiger partial charge on any atom is 0.285 e. The van der Waals surface area contributed by atoms with Gasteiger partial charge in [0, 0.05) is 12.5 Å². The third-order valence-corrected chi connectivity index (χ3v) is 4.07. The van der Waals surface area contributed by atoms with Gasteiger partial charge in [-0.05, 0) is 36.4 Å². The van der Waals surface area contributed by atoms with Crippen molar-refractivity contribution in [3.63, 3.8) is 0 Å². The number of anilines is 3. The molecular formula is C16H11F2N3O2. The van der Waals surface area contributed by atoms with Crippen LogP contribution in [0.3, 0.4) is 0 Å². The fourth-order valence-electron chi connectivity index (χ4n) is 3.12. The van der Waals surface area contributed by atoms with Gasteiger partial charge in [0.05, 0.1) is 17.1 Å². The minimum atomic E-state index is -1.44. The normalized spacial score (nSPS) is 21.0. The highest BCUT2D eigenvalue weighted by molar-refractivity contribution is 6.24. The standard InChI is InChI=1S/C16H11F2N3O2/c1-8(22)21-14-7-10(18)2-4-11(14)16(15(21)23)19-12-5-3-9(17)6-13(12)20-16/h2-7,19-20H,1H3. The van der Waals surface area contributed by atoms with Crippen LogP contribution in [0, 0.1) is 11.6 Å². The van der Waals surface area contributed by atoms with Crippen molar-refractivity contribution in [3.8, 4) is 0 Å². The molecule has 2 aliphatic heterocycles. The molecule has 1 spiro atoms. The zero-order chi connectivity index (χ0) is 16.4. The lowest BCUT2D eigenvalue weighted by atomic mass is 10.0. The van der Waals surface area contributed by atoms with E-state index in [2.05, 4.69) is 10.6 Å². The molecule has 1 unspecified atom stereocenters. The van der Waals surface area contributed by atoms with E-state index in [-0.39, 0.29) is 5.69 Å². The summed E-state index contributed by atoms with van der Waals surface area (Å²) in [5, 5.41) is 5.95. The summed E-state index contributed by atoms with van der Waals surface area (Å²) in [5.74, 6) is -2.11. The predicted octanol–water partition coefficient (Wildman–Crippen LogP) is 2.55. The van der Waals surface area contributed by atoms with Gasteiger partial charge < -0.3 is 10.6 Å². The highest BCUT2D eigenvalue weighted by atomic mass is 19.1. The van der Waals surface area contributed by atoms with E-state index in [1.54, 1.807) is 0 Å².